The lowest BCUT2D eigenvalue weighted by molar-refractivity contribution is 0.0784. The molecule has 1 aromatic rings. The summed E-state index contributed by atoms with van der Waals surface area (Å²) < 4.78 is 4.96. The van der Waals surface area contributed by atoms with Gasteiger partial charge in [0.2, 0.25) is 0 Å². The van der Waals surface area contributed by atoms with E-state index >= 15 is 0 Å². The molecule has 0 bridgehead atoms. The fourth-order valence-corrected chi connectivity index (χ4v) is 1.70. The van der Waals surface area contributed by atoms with Crippen molar-refractivity contribution in [1.29, 1.82) is 0 Å². The Morgan fingerprint density at radius 3 is 2.72 bits per heavy atom. The summed E-state index contributed by atoms with van der Waals surface area (Å²) in [5.41, 5.74) is 5.60. The van der Waals surface area contributed by atoms with Crippen LogP contribution < -0.4 is 10.5 Å². The number of hydrogen-bond donors (Lipinski definition) is 2. The van der Waals surface area contributed by atoms with Crippen molar-refractivity contribution in [3.8, 4) is 11.5 Å². The van der Waals surface area contributed by atoms with Gasteiger partial charge in [-0.15, -0.1) is 0 Å². The van der Waals surface area contributed by atoms with Gasteiger partial charge < -0.3 is 20.5 Å². The van der Waals surface area contributed by atoms with Gasteiger partial charge in [0.1, 0.15) is 0 Å². The smallest absolute Gasteiger partial charge is 0.258 e. The Hall–Kier alpha value is -1.82. The molecule has 1 amide bonds. The second-order valence-electron chi connectivity index (χ2n) is 3.64. The number of carbonyl (C=O) groups excluding carboxylic acids is 1. The second-order valence-corrected chi connectivity index (χ2v) is 4.17. The maximum atomic E-state index is 12.2. The van der Waals surface area contributed by atoms with Crippen molar-refractivity contribution in [2.45, 2.75) is 6.92 Å². The highest BCUT2D eigenvalue weighted by Crippen LogP contribution is 2.30. The zero-order chi connectivity index (χ0) is 13.7. The summed E-state index contributed by atoms with van der Waals surface area (Å²) in [6.07, 6.45) is 0. The van der Waals surface area contributed by atoms with E-state index in [0.29, 0.717) is 6.54 Å². The van der Waals surface area contributed by atoms with Gasteiger partial charge in [0.05, 0.1) is 24.2 Å². The summed E-state index contributed by atoms with van der Waals surface area (Å²) in [7, 11) is 1.43. The van der Waals surface area contributed by atoms with E-state index in [0.717, 1.165) is 0 Å². The van der Waals surface area contributed by atoms with E-state index in [2.05, 4.69) is 0 Å². The van der Waals surface area contributed by atoms with Crippen LogP contribution in [0.5, 0.6) is 11.5 Å². The van der Waals surface area contributed by atoms with E-state index in [-0.39, 0.29) is 34.5 Å². The van der Waals surface area contributed by atoms with E-state index in [9.17, 15) is 9.90 Å². The van der Waals surface area contributed by atoms with Crippen LogP contribution in [0, 0.1) is 0 Å². The number of para-hydroxylation sites is 1. The molecule has 0 aliphatic heterocycles. The standard InChI is InChI=1S/C12H16N2O3S/c1-3-14(7-10(13)18)12(16)8-5-4-6-9(17-2)11(8)15/h4-6,15H,3,7H2,1-2H3,(H2,13,18). The molecular weight excluding hydrogens is 252 g/mol. The number of hydrogen-bond acceptors (Lipinski definition) is 4. The van der Waals surface area contributed by atoms with Gasteiger partial charge in [-0.05, 0) is 19.1 Å². The van der Waals surface area contributed by atoms with Crippen LogP contribution in [-0.4, -0.2) is 41.1 Å². The Morgan fingerprint density at radius 1 is 1.56 bits per heavy atom. The van der Waals surface area contributed by atoms with Gasteiger partial charge in [-0.2, -0.15) is 0 Å². The van der Waals surface area contributed by atoms with Gasteiger partial charge in [-0.1, -0.05) is 18.3 Å². The van der Waals surface area contributed by atoms with Crippen molar-refractivity contribution in [1.82, 2.24) is 4.90 Å². The number of thiocarbonyl (C=S) groups is 1. The number of amides is 1. The van der Waals surface area contributed by atoms with Crippen molar-refractivity contribution in [3.63, 3.8) is 0 Å². The van der Waals surface area contributed by atoms with E-state index in [1.807, 2.05) is 6.92 Å². The maximum absolute atomic E-state index is 12.2. The molecule has 18 heavy (non-hydrogen) atoms. The topological polar surface area (TPSA) is 75.8 Å². The van der Waals surface area contributed by atoms with Gasteiger partial charge >= 0.3 is 0 Å². The van der Waals surface area contributed by atoms with Crippen LogP contribution in [0.3, 0.4) is 0 Å². The van der Waals surface area contributed by atoms with Crippen LogP contribution >= 0.6 is 12.2 Å². The summed E-state index contributed by atoms with van der Waals surface area (Å²) in [4.78, 5) is 13.9. The third-order valence-corrected chi connectivity index (χ3v) is 2.59. The first kappa shape index (κ1) is 14.2. The molecule has 0 unspecified atom stereocenters. The first-order valence-corrected chi connectivity index (χ1v) is 5.85. The van der Waals surface area contributed by atoms with Crippen molar-refractivity contribution in [2.24, 2.45) is 5.73 Å². The van der Waals surface area contributed by atoms with E-state index < -0.39 is 0 Å². The molecule has 0 saturated carbocycles. The molecule has 0 heterocycles. The number of benzene rings is 1. The Morgan fingerprint density at radius 2 is 2.22 bits per heavy atom. The zero-order valence-electron chi connectivity index (χ0n) is 10.3. The third kappa shape index (κ3) is 3.10. The molecule has 5 nitrogen and oxygen atoms in total. The number of methoxy groups -OCH3 is 1. The van der Waals surface area contributed by atoms with E-state index in [1.165, 1.54) is 18.1 Å². The quantitative estimate of drug-likeness (QED) is 0.783. The summed E-state index contributed by atoms with van der Waals surface area (Å²) in [5, 5.41) is 9.90. The van der Waals surface area contributed by atoms with Crippen LogP contribution in [0.2, 0.25) is 0 Å². The molecule has 0 saturated heterocycles. The summed E-state index contributed by atoms with van der Waals surface area (Å²) in [5.74, 6) is -0.250. The number of phenolic OH excluding ortho intramolecular Hbond substituents is 1. The molecule has 0 aromatic heterocycles. The summed E-state index contributed by atoms with van der Waals surface area (Å²) in [6, 6.07) is 4.75. The minimum absolute atomic E-state index is 0.174. The van der Waals surface area contributed by atoms with Crippen molar-refractivity contribution >= 4 is 23.1 Å². The monoisotopic (exact) mass is 268 g/mol. The maximum Gasteiger partial charge on any atom is 0.258 e. The Kier molecular flexibility index (Phi) is 4.91. The average Bonchev–Trinajstić information content (AvgIpc) is 2.35. The predicted molar refractivity (Wildman–Crippen MR) is 73.0 cm³/mol. The molecule has 0 fully saturated rings. The number of ether oxygens (including phenoxy) is 1. The number of nitrogens with zero attached hydrogens (tertiary/aromatic N) is 1. The van der Waals surface area contributed by atoms with Gasteiger partial charge in [0.25, 0.3) is 5.91 Å². The van der Waals surface area contributed by atoms with Crippen molar-refractivity contribution < 1.29 is 14.6 Å². The highest BCUT2D eigenvalue weighted by molar-refractivity contribution is 7.80. The van der Waals surface area contributed by atoms with Gasteiger partial charge in [-0.25, -0.2) is 0 Å². The molecule has 1 aromatic carbocycles. The molecule has 3 N–H and O–H groups in total. The first-order valence-electron chi connectivity index (χ1n) is 5.44. The highest BCUT2D eigenvalue weighted by Gasteiger charge is 2.20. The van der Waals surface area contributed by atoms with E-state index in [4.69, 9.17) is 22.7 Å². The lowest BCUT2D eigenvalue weighted by Crippen LogP contribution is -2.37. The lowest BCUT2D eigenvalue weighted by atomic mass is 10.1. The number of phenols is 1. The molecule has 0 aliphatic rings. The van der Waals surface area contributed by atoms with Crippen molar-refractivity contribution in [2.75, 3.05) is 20.2 Å². The number of likely N-dealkylation sites (N-methyl/N-ethyl adjacent to an activating group) is 1. The highest BCUT2D eigenvalue weighted by atomic mass is 32.1. The molecule has 0 spiro atoms. The number of carbonyl (C=O) groups is 1. The average molecular weight is 268 g/mol. The number of nitrogens with two attached hydrogens (primary N) is 1. The second kappa shape index (κ2) is 6.20. The Balaban J connectivity index is 3.05. The Bertz CT molecular complexity index is 463. The van der Waals surface area contributed by atoms with Crippen LogP contribution in [0.25, 0.3) is 0 Å². The fourth-order valence-electron chi connectivity index (χ4n) is 1.55. The predicted octanol–water partition coefficient (Wildman–Crippen LogP) is 1.15. The number of rotatable bonds is 5. The minimum Gasteiger partial charge on any atom is -0.504 e. The molecule has 0 atom stereocenters. The molecule has 0 radical (unpaired) electrons. The van der Waals surface area contributed by atoms with Crippen molar-refractivity contribution in [3.05, 3.63) is 23.8 Å². The molecule has 6 heteroatoms. The van der Waals surface area contributed by atoms with Crippen LogP contribution in [-0.2, 0) is 0 Å². The van der Waals surface area contributed by atoms with Gasteiger partial charge in [0, 0.05) is 6.54 Å². The molecule has 98 valence electrons. The van der Waals surface area contributed by atoms with Crippen LogP contribution in [0.15, 0.2) is 18.2 Å². The van der Waals surface area contributed by atoms with Crippen LogP contribution in [0.1, 0.15) is 17.3 Å². The third-order valence-electron chi connectivity index (χ3n) is 2.46. The summed E-state index contributed by atoms with van der Waals surface area (Å²) in [6.45, 7) is 2.45. The summed E-state index contributed by atoms with van der Waals surface area (Å²) >= 11 is 4.79. The number of aromatic hydroxyl groups is 1. The van der Waals surface area contributed by atoms with Gasteiger partial charge in [-0.3, -0.25) is 4.79 Å². The van der Waals surface area contributed by atoms with Gasteiger partial charge in [0.15, 0.2) is 11.5 Å². The Labute approximate surface area is 111 Å². The van der Waals surface area contributed by atoms with E-state index in [1.54, 1.807) is 12.1 Å². The largest absolute Gasteiger partial charge is 0.504 e. The zero-order valence-corrected chi connectivity index (χ0v) is 11.2. The molecular formula is C12H16N2O3S. The lowest BCUT2D eigenvalue weighted by Gasteiger charge is -2.21. The normalized spacial score (nSPS) is 9.89. The first-order chi connectivity index (χ1) is 8.51. The molecule has 0 aliphatic carbocycles. The molecule has 1 rings (SSSR count). The SMILES string of the molecule is CCN(CC(N)=S)C(=O)c1cccc(OC)c1O. The minimum atomic E-state index is -0.332. The van der Waals surface area contributed by atoms with Crippen LogP contribution in [0.4, 0.5) is 0 Å². The fraction of sp³-hybridized carbons (Fsp3) is 0.333.